The van der Waals surface area contributed by atoms with E-state index in [1.807, 2.05) is 5.38 Å². The Morgan fingerprint density at radius 2 is 2.71 bits per heavy atom. The molecule has 0 saturated carbocycles. The van der Waals surface area contributed by atoms with Gasteiger partial charge in [0.2, 0.25) is 5.91 Å². The molecule has 0 radical (unpaired) electrons. The molecule has 0 aromatic carbocycles. The highest BCUT2D eigenvalue weighted by atomic mass is 32.1. The summed E-state index contributed by atoms with van der Waals surface area (Å²) in [5.74, 6) is 0.289. The van der Waals surface area contributed by atoms with Crippen molar-refractivity contribution in [3.63, 3.8) is 0 Å². The Kier molecular flexibility index (Phi) is 3.10. The topological polar surface area (TPSA) is 54.0 Å². The van der Waals surface area contributed by atoms with Gasteiger partial charge in [-0.05, 0) is 13.0 Å². The van der Waals surface area contributed by atoms with Gasteiger partial charge in [-0.1, -0.05) is 0 Å². The first-order valence-corrected chi connectivity index (χ1v) is 5.66. The summed E-state index contributed by atoms with van der Waals surface area (Å²) in [6, 6.07) is 0. The normalized spacial score (nSPS) is 21.0. The third-order valence-corrected chi connectivity index (χ3v) is 2.99. The number of nitrogens with one attached hydrogen (secondary N) is 2. The fraction of sp³-hybridized carbons (Fsp3) is 0.556. The SMILES string of the molecule is O=C(NCc1cscn1)[C@@H]1CCNC1. The van der Waals surface area contributed by atoms with Gasteiger partial charge < -0.3 is 10.6 Å². The van der Waals surface area contributed by atoms with Crippen LogP contribution in [0.4, 0.5) is 0 Å². The molecular weight excluding hydrogens is 198 g/mol. The van der Waals surface area contributed by atoms with Crippen LogP contribution < -0.4 is 10.6 Å². The van der Waals surface area contributed by atoms with Crippen molar-refractivity contribution in [3.8, 4) is 0 Å². The second-order valence-corrected chi connectivity index (χ2v) is 4.11. The van der Waals surface area contributed by atoms with Crippen molar-refractivity contribution in [3.05, 3.63) is 16.6 Å². The number of aromatic nitrogens is 1. The van der Waals surface area contributed by atoms with Crippen molar-refractivity contribution < 1.29 is 4.79 Å². The lowest BCUT2D eigenvalue weighted by Crippen LogP contribution is -2.31. The van der Waals surface area contributed by atoms with Crippen molar-refractivity contribution in [1.82, 2.24) is 15.6 Å². The van der Waals surface area contributed by atoms with Crippen LogP contribution in [0.25, 0.3) is 0 Å². The molecule has 14 heavy (non-hydrogen) atoms. The highest BCUT2D eigenvalue weighted by Crippen LogP contribution is 2.07. The number of carbonyl (C=O) groups is 1. The largest absolute Gasteiger partial charge is 0.350 e. The van der Waals surface area contributed by atoms with Gasteiger partial charge in [-0.2, -0.15) is 0 Å². The highest BCUT2D eigenvalue weighted by Gasteiger charge is 2.21. The summed E-state index contributed by atoms with van der Waals surface area (Å²) >= 11 is 1.55. The molecule has 1 aromatic heterocycles. The van der Waals surface area contributed by atoms with Crippen molar-refractivity contribution in [2.24, 2.45) is 5.92 Å². The number of hydrogen-bond donors (Lipinski definition) is 2. The molecule has 0 aliphatic carbocycles. The van der Waals surface area contributed by atoms with Crippen LogP contribution in [-0.4, -0.2) is 24.0 Å². The second-order valence-electron chi connectivity index (χ2n) is 3.39. The van der Waals surface area contributed by atoms with E-state index in [2.05, 4.69) is 15.6 Å². The van der Waals surface area contributed by atoms with E-state index in [-0.39, 0.29) is 11.8 Å². The monoisotopic (exact) mass is 211 g/mol. The molecule has 5 heteroatoms. The van der Waals surface area contributed by atoms with Gasteiger partial charge in [0.15, 0.2) is 0 Å². The van der Waals surface area contributed by atoms with Gasteiger partial charge >= 0.3 is 0 Å². The van der Waals surface area contributed by atoms with Gasteiger partial charge in [0, 0.05) is 11.9 Å². The number of rotatable bonds is 3. The molecule has 2 rings (SSSR count). The Balaban J connectivity index is 1.77. The van der Waals surface area contributed by atoms with Gasteiger partial charge in [-0.3, -0.25) is 4.79 Å². The van der Waals surface area contributed by atoms with Crippen molar-refractivity contribution in [2.45, 2.75) is 13.0 Å². The molecule has 2 heterocycles. The van der Waals surface area contributed by atoms with E-state index < -0.39 is 0 Å². The summed E-state index contributed by atoms with van der Waals surface area (Å²) in [4.78, 5) is 15.7. The smallest absolute Gasteiger partial charge is 0.224 e. The first-order chi connectivity index (χ1) is 6.86. The summed E-state index contributed by atoms with van der Waals surface area (Å²) in [6.07, 6.45) is 0.947. The van der Waals surface area contributed by atoms with Gasteiger partial charge in [0.05, 0.1) is 23.7 Å². The molecule has 1 aliphatic rings. The van der Waals surface area contributed by atoms with Gasteiger partial charge in [0.1, 0.15) is 0 Å². The Morgan fingerprint density at radius 1 is 1.79 bits per heavy atom. The zero-order chi connectivity index (χ0) is 9.80. The molecule has 4 nitrogen and oxygen atoms in total. The predicted molar refractivity (Wildman–Crippen MR) is 54.9 cm³/mol. The molecule has 1 fully saturated rings. The third-order valence-electron chi connectivity index (χ3n) is 2.36. The number of hydrogen-bond acceptors (Lipinski definition) is 4. The minimum Gasteiger partial charge on any atom is -0.350 e. The molecular formula is C9H13N3OS. The summed E-state index contributed by atoms with van der Waals surface area (Å²) in [5.41, 5.74) is 2.72. The van der Waals surface area contributed by atoms with Crippen LogP contribution in [-0.2, 0) is 11.3 Å². The lowest BCUT2D eigenvalue weighted by atomic mass is 10.1. The lowest BCUT2D eigenvalue weighted by molar-refractivity contribution is -0.124. The minimum atomic E-state index is 0.142. The Morgan fingerprint density at radius 3 is 3.36 bits per heavy atom. The quantitative estimate of drug-likeness (QED) is 0.759. The lowest BCUT2D eigenvalue weighted by Gasteiger charge is -2.07. The minimum absolute atomic E-state index is 0.142. The molecule has 76 valence electrons. The van der Waals surface area contributed by atoms with Gasteiger partial charge in [0.25, 0.3) is 0 Å². The van der Waals surface area contributed by atoms with Crippen LogP contribution in [0.2, 0.25) is 0 Å². The summed E-state index contributed by atoms with van der Waals surface area (Å²) in [7, 11) is 0. The first-order valence-electron chi connectivity index (χ1n) is 4.72. The number of nitrogens with zero attached hydrogens (tertiary/aromatic N) is 1. The average Bonchev–Trinajstić information content (AvgIpc) is 2.87. The highest BCUT2D eigenvalue weighted by molar-refractivity contribution is 7.07. The van der Waals surface area contributed by atoms with E-state index >= 15 is 0 Å². The second kappa shape index (κ2) is 4.52. The van der Waals surface area contributed by atoms with Crippen LogP contribution >= 0.6 is 11.3 Å². The van der Waals surface area contributed by atoms with E-state index in [4.69, 9.17) is 0 Å². The molecule has 1 amide bonds. The number of amides is 1. The molecule has 2 N–H and O–H groups in total. The Bertz CT molecular complexity index is 293. The number of thiazole rings is 1. The van der Waals surface area contributed by atoms with E-state index in [9.17, 15) is 4.79 Å². The number of carbonyl (C=O) groups excluding carboxylic acids is 1. The maximum absolute atomic E-state index is 11.6. The molecule has 1 atom stereocenters. The molecule has 0 unspecified atom stereocenters. The van der Waals surface area contributed by atoms with Crippen molar-refractivity contribution >= 4 is 17.2 Å². The van der Waals surface area contributed by atoms with E-state index in [1.165, 1.54) is 0 Å². The van der Waals surface area contributed by atoms with Crippen LogP contribution in [0.15, 0.2) is 10.9 Å². The van der Waals surface area contributed by atoms with E-state index in [1.54, 1.807) is 16.8 Å². The van der Waals surface area contributed by atoms with Crippen LogP contribution in [0.1, 0.15) is 12.1 Å². The standard InChI is InChI=1S/C9H13N3OS/c13-9(7-1-2-10-3-7)11-4-8-5-14-6-12-8/h5-7,10H,1-4H2,(H,11,13)/t7-/m1/s1. The molecule has 1 saturated heterocycles. The predicted octanol–water partition coefficient (Wildman–Crippen LogP) is 0.369. The molecule has 0 bridgehead atoms. The zero-order valence-electron chi connectivity index (χ0n) is 7.82. The molecule has 1 aliphatic heterocycles. The fourth-order valence-corrected chi connectivity index (χ4v) is 2.08. The van der Waals surface area contributed by atoms with E-state index in [0.717, 1.165) is 25.2 Å². The third kappa shape index (κ3) is 2.30. The molecule has 1 aromatic rings. The van der Waals surface area contributed by atoms with Crippen LogP contribution in [0, 0.1) is 5.92 Å². The maximum Gasteiger partial charge on any atom is 0.224 e. The molecule has 0 spiro atoms. The van der Waals surface area contributed by atoms with Crippen LogP contribution in [0.3, 0.4) is 0 Å². The Labute approximate surface area is 86.7 Å². The summed E-state index contributed by atoms with van der Waals surface area (Å²) in [6.45, 7) is 2.32. The van der Waals surface area contributed by atoms with Crippen molar-refractivity contribution in [2.75, 3.05) is 13.1 Å². The maximum atomic E-state index is 11.6. The van der Waals surface area contributed by atoms with Gasteiger partial charge in [-0.15, -0.1) is 11.3 Å². The Hall–Kier alpha value is -0.940. The zero-order valence-corrected chi connectivity index (χ0v) is 8.64. The van der Waals surface area contributed by atoms with Crippen molar-refractivity contribution in [1.29, 1.82) is 0 Å². The fourth-order valence-electron chi connectivity index (χ4n) is 1.53. The van der Waals surface area contributed by atoms with E-state index in [0.29, 0.717) is 6.54 Å². The average molecular weight is 211 g/mol. The summed E-state index contributed by atoms with van der Waals surface area (Å²) < 4.78 is 0. The summed E-state index contributed by atoms with van der Waals surface area (Å²) in [5, 5.41) is 8.02. The first kappa shape index (κ1) is 9.61. The van der Waals surface area contributed by atoms with Crippen LogP contribution in [0.5, 0.6) is 0 Å². The van der Waals surface area contributed by atoms with Gasteiger partial charge in [-0.25, -0.2) is 4.98 Å².